The van der Waals surface area contributed by atoms with E-state index in [2.05, 4.69) is 52.0 Å². The molecule has 0 bridgehead atoms. The normalized spacial score (nSPS) is 12.6. The number of aliphatic imine (C=N–C) groups is 1. The molecule has 30 heavy (non-hydrogen) atoms. The van der Waals surface area contributed by atoms with E-state index >= 15 is 0 Å². The van der Waals surface area contributed by atoms with E-state index in [0.29, 0.717) is 26.3 Å². The van der Waals surface area contributed by atoms with Crippen LogP contribution in [0.2, 0.25) is 0 Å². The number of hydrogen-bond acceptors (Lipinski definition) is 4. The van der Waals surface area contributed by atoms with Crippen molar-refractivity contribution < 1.29 is 4.74 Å². The quantitative estimate of drug-likeness (QED) is 0.324. The summed E-state index contributed by atoms with van der Waals surface area (Å²) in [6.45, 7) is 6.32. The van der Waals surface area contributed by atoms with Gasteiger partial charge < -0.3 is 19.9 Å². The van der Waals surface area contributed by atoms with Gasteiger partial charge in [0.1, 0.15) is 12.4 Å². The Bertz CT molecular complexity index is 923. The Kier molecular flexibility index (Phi) is 7.97. The number of nitrogens with zero attached hydrogens (tertiary/aromatic N) is 4. The number of rotatable bonds is 9. The summed E-state index contributed by atoms with van der Waals surface area (Å²) in [7, 11) is 1.95. The summed E-state index contributed by atoms with van der Waals surface area (Å²) >= 11 is 0. The number of nitrogens with one attached hydrogen (secondary N) is 2. The van der Waals surface area contributed by atoms with E-state index in [1.807, 2.05) is 54.9 Å². The molecule has 0 aliphatic carbocycles. The minimum Gasteiger partial charge on any atom is -0.375 e. The molecule has 0 saturated heterocycles. The Labute approximate surface area is 178 Å². The number of ether oxygens (including phenoxy) is 1. The van der Waals surface area contributed by atoms with Crippen molar-refractivity contribution in [3.8, 4) is 0 Å². The van der Waals surface area contributed by atoms with E-state index < -0.39 is 0 Å². The molecule has 0 spiro atoms. The van der Waals surface area contributed by atoms with Gasteiger partial charge in [-0.2, -0.15) is 0 Å². The average molecular weight is 407 g/mol. The minimum atomic E-state index is 0.115. The molecule has 3 aromatic rings. The van der Waals surface area contributed by atoms with Gasteiger partial charge in [-0.25, -0.2) is 4.99 Å². The highest BCUT2D eigenvalue weighted by atomic mass is 16.5. The van der Waals surface area contributed by atoms with Crippen LogP contribution in [-0.4, -0.2) is 33.9 Å². The molecule has 3 rings (SSSR count). The van der Waals surface area contributed by atoms with Crippen molar-refractivity contribution >= 4 is 5.96 Å². The Balaban J connectivity index is 1.56. The van der Waals surface area contributed by atoms with E-state index in [9.17, 15) is 0 Å². The van der Waals surface area contributed by atoms with Crippen molar-refractivity contribution in [1.29, 1.82) is 0 Å². The van der Waals surface area contributed by atoms with Crippen LogP contribution in [0.5, 0.6) is 0 Å². The number of aromatic nitrogens is 3. The predicted molar refractivity (Wildman–Crippen MR) is 119 cm³/mol. The molecule has 0 saturated carbocycles. The summed E-state index contributed by atoms with van der Waals surface area (Å²) in [4.78, 5) is 4.70. The van der Waals surface area contributed by atoms with Crippen LogP contribution >= 0.6 is 0 Å². The Hall–Kier alpha value is -3.19. The van der Waals surface area contributed by atoms with Crippen molar-refractivity contribution in [3.05, 3.63) is 83.4 Å². The summed E-state index contributed by atoms with van der Waals surface area (Å²) in [5.74, 6) is 2.41. The molecule has 2 N–H and O–H groups in total. The van der Waals surface area contributed by atoms with Gasteiger partial charge in [0.2, 0.25) is 0 Å². The highest BCUT2D eigenvalue weighted by Crippen LogP contribution is 2.11. The lowest BCUT2D eigenvalue weighted by Gasteiger charge is -2.19. The third-order valence-corrected chi connectivity index (χ3v) is 4.86. The van der Waals surface area contributed by atoms with Gasteiger partial charge >= 0.3 is 0 Å². The van der Waals surface area contributed by atoms with E-state index in [1.165, 1.54) is 11.1 Å². The molecule has 158 valence electrons. The maximum Gasteiger partial charge on any atom is 0.192 e. The lowest BCUT2D eigenvalue weighted by Crippen LogP contribution is -2.40. The maximum absolute atomic E-state index is 5.77. The Morgan fingerprint density at radius 3 is 2.43 bits per heavy atom. The van der Waals surface area contributed by atoms with Gasteiger partial charge in [-0.05, 0) is 25.0 Å². The molecule has 1 heterocycles. The minimum absolute atomic E-state index is 0.115. The SMILES string of the molecule is Cc1nnc(CN=C(NCCOCc2ccccc2)NC(C)c2ccccc2)n1C. The second-order valence-corrected chi connectivity index (χ2v) is 7.13. The van der Waals surface area contributed by atoms with E-state index in [1.54, 1.807) is 0 Å². The molecule has 7 heteroatoms. The molecule has 0 fully saturated rings. The molecule has 0 amide bonds. The molecule has 2 aromatic carbocycles. The number of benzene rings is 2. The van der Waals surface area contributed by atoms with E-state index in [0.717, 1.165) is 17.6 Å². The van der Waals surface area contributed by atoms with Crippen molar-refractivity contribution in [2.45, 2.75) is 33.0 Å². The van der Waals surface area contributed by atoms with Crippen LogP contribution in [0.4, 0.5) is 0 Å². The average Bonchev–Trinajstić information content (AvgIpc) is 3.10. The van der Waals surface area contributed by atoms with Gasteiger partial charge in [0.15, 0.2) is 11.8 Å². The lowest BCUT2D eigenvalue weighted by atomic mass is 10.1. The molecule has 1 atom stereocenters. The largest absolute Gasteiger partial charge is 0.375 e. The smallest absolute Gasteiger partial charge is 0.192 e. The number of guanidine groups is 1. The van der Waals surface area contributed by atoms with Crippen molar-refractivity contribution in [2.75, 3.05) is 13.2 Å². The summed E-state index contributed by atoms with van der Waals surface area (Å²) < 4.78 is 7.72. The van der Waals surface area contributed by atoms with Crippen LogP contribution in [-0.2, 0) is 24.9 Å². The maximum atomic E-state index is 5.77. The van der Waals surface area contributed by atoms with Gasteiger partial charge in [0.25, 0.3) is 0 Å². The molecule has 1 aromatic heterocycles. The Morgan fingerprint density at radius 1 is 1.07 bits per heavy atom. The van der Waals surface area contributed by atoms with Crippen LogP contribution in [0.3, 0.4) is 0 Å². The third-order valence-electron chi connectivity index (χ3n) is 4.86. The van der Waals surface area contributed by atoms with Gasteiger partial charge in [-0.15, -0.1) is 10.2 Å². The van der Waals surface area contributed by atoms with Crippen LogP contribution in [0.1, 0.15) is 35.7 Å². The van der Waals surface area contributed by atoms with Crippen LogP contribution in [0.25, 0.3) is 0 Å². The van der Waals surface area contributed by atoms with Gasteiger partial charge in [0.05, 0.1) is 19.3 Å². The predicted octanol–water partition coefficient (Wildman–Crippen LogP) is 3.14. The van der Waals surface area contributed by atoms with Gasteiger partial charge in [0, 0.05) is 13.6 Å². The van der Waals surface area contributed by atoms with Crippen molar-refractivity contribution in [1.82, 2.24) is 25.4 Å². The second kappa shape index (κ2) is 11.1. The van der Waals surface area contributed by atoms with E-state index in [-0.39, 0.29) is 6.04 Å². The molecule has 0 aliphatic heterocycles. The van der Waals surface area contributed by atoms with Gasteiger partial charge in [-0.3, -0.25) is 0 Å². The van der Waals surface area contributed by atoms with Crippen LogP contribution < -0.4 is 10.6 Å². The van der Waals surface area contributed by atoms with E-state index in [4.69, 9.17) is 9.73 Å². The first-order valence-corrected chi connectivity index (χ1v) is 10.2. The Morgan fingerprint density at radius 2 is 1.77 bits per heavy atom. The van der Waals surface area contributed by atoms with Crippen LogP contribution in [0, 0.1) is 6.92 Å². The molecular formula is C23H30N6O. The zero-order valence-corrected chi connectivity index (χ0v) is 17.9. The molecule has 0 aliphatic rings. The summed E-state index contributed by atoms with van der Waals surface area (Å²) in [5, 5.41) is 15.1. The fraction of sp³-hybridized carbons (Fsp3) is 0.348. The molecule has 0 radical (unpaired) electrons. The van der Waals surface area contributed by atoms with Crippen molar-refractivity contribution in [2.24, 2.45) is 12.0 Å². The highest BCUT2D eigenvalue weighted by Gasteiger charge is 2.09. The summed E-state index contributed by atoms with van der Waals surface area (Å²) in [6.07, 6.45) is 0. The fourth-order valence-corrected chi connectivity index (χ4v) is 2.93. The third kappa shape index (κ3) is 6.42. The number of aryl methyl sites for hydroxylation is 1. The van der Waals surface area contributed by atoms with Gasteiger partial charge in [-0.1, -0.05) is 60.7 Å². The summed E-state index contributed by atoms with van der Waals surface area (Å²) in [6, 6.07) is 20.6. The standard InChI is InChI=1S/C23H30N6O/c1-18(21-12-8-5-9-13-21)26-23(25-16-22-28-27-19(2)29(22)3)24-14-15-30-17-20-10-6-4-7-11-20/h4-13,18H,14-17H2,1-3H3,(H2,24,25,26). The summed E-state index contributed by atoms with van der Waals surface area (Å²) in [5.41, 5.74) is 2.36. The highest BCUT2D eigenvalue weighted by molar-refractivity contribution is 5.80. The lowest BCUT2D eigenvalue weighted by molar-refractivity contribution is 0.125. The molecule has 1 unspecified atom stereocenters. The monoisotopic (exact) mass is 406 g/mol. The fourth-order valence-electron chi connectivity index (χ4n) is 2.93. The zero-order chi connectivity index (χ0) is 21.2. The number of hydrogen-bond donors (Lipinski definition) is 2. The molecular weight excluding hydrogens is 376 g/mol. The molecule has 7 nitrogen and oxygen atoms in total. The zero-order valence-electron chi connectivity index (χ0n) is 17.9. The second-order valence-electron chi connectivity index (χ2n) is 7.13. The first-order chi connectivity index (χ1) is 14.6. The first-order valence-electron chi connectivity index (χ1n) is 10.2. The van der Waals surface area contributed by atoms with Crippen molar-refractivity contribution in [3.63, 3.8) is 0 Å². The first kappa shape index (κ1) is 21.5. The topological polar surface area (TPSA) is 76.4 Å². The van der Waals surface area contributed by atoms with Crippen LogP contribution in [0.15, 0.2) is 65.7 Å².